The molecule has 2 rings (SSSR count). The first-order valence-electron chi connectivity index (χ1n) is 6.55. The number of aliphatic hydroxyl groups excluding tert-OH is 1. The first-order chi connectivity index (χ1) is 9.81. The predicted molar refractivity (Wildman–Crippen MR) is 85.4 cm³/mol. The fourth-order valence-corrected chi connectivity index (χ4v) is 2.09. The van der Waals surface area contributed by atoms with Crippen molar-refractivity contribution >= 4 is 23.2 Å². The van der Waals surface area contributed by atoms with Gasteiger partial charge in [-0.1, -0.05) is 50.0 Å². The Labute approximate surface area is 134 Å². The van der Waals surface area contributed by atoms with E-state index < -0.39 is 0 Å². The Hall–Kier alpha value is -1.29. The Morgan fingerprint density at radius 2 is 1.90 bits per heavy atom. The molecule has 0 saturated carbocycles. The number of pyridine rings is 1. The number of nitrogens with zero attached hydrogens (tertiary/aromatic N) is 1. The van der Waals surface area contributed by atoms with Crippen molar-refractivity contribution in [1.29, 1.82) is 0 Å². The van der Waals surface area contributed by atoms with Crippen molar-refractivity contribution in [1.82, 2.24) is 4.98 Å². The molecule has 0 spiro atoms. The van der Waals surface area contributed by atoms with Gasteiger partial charge in [0.05, 0.1) is 17.3 Å². The molecule has 0 saturated heterocycles. The van der Waals surface area contributed by atoms with Gasteiger partial charge in [-0.2, -0.15) is 0 Å². The van der Waals surface area contributed by atoms with E-state index in [9.17, 15) is 5.11 Å². The van der Waals surface area contributed by atoms with Crippen LogP contribution in [0, 0.1) is 0 Å². The molecule has 0 bridgehead atoms. The highest BCUT2D eigenvalue weighted by Crippen LogP contribution is 2.35. The maximum Gasteiger partial charge on any atom is 0.219 e. The number of aliphatic hydroxyl groups is 1. The smallest absolute Gasteiger partial charge is 0.219 e. The van der Waals surface area contributed by atoms with Gasteiger partial charge in [0.15, 0.2) is 0 Å². The summed E-state index contributed by atoms with van der Waals surface area (Å²) >= 11 is 12.1. The lowest BCUT2D eigenvalue weighted by molar-refractivity contribution is 0.280. The Morgan fingerprint density at radius 1 is 1.19 bits per heavy atom. The number of ether oxygens (including phenoxy) is 1. The maximum absolute atomic E-state index is 9.39. The van der Waals surface area contributed by atoms with Crippen molar-refractivity contribution in [3.63, 3.8) is 0 Å². The van der Waals surface area contributed by atoms with Gasteiger partial charge in [0.2, 0.25) is 5.88 Å². The van der Waals surface area contributed by atoms with Crippen LogP contribution in [0.15, 0.2) is 30.3 Å². The number of hydrogen-bond acceptors (Lipinski definition) is 3. The Morgan fingerprint density at radius 3 is 2.52 bits per heavy atom. The average molecular weight is 326 g/mol. The number of halogens is 2. The van der Waals surface area contributed by atoms with Crippen LogP contribution in [-0.4, -0.2) is 10.1 Å². The zero-order valence-electron chi connectivity index (χ0n) is 12.2. The third-order valence-electron chi connectivity index (χ3n) is 2.94. The summed E-state index contributed by atoms with van der Waals surface area (Å²) in [6.45, 7) is 6.07. The summed E-state index contributed by atoms with van der Waals surface area (Å²) in [4.78, 5) is 4.48. The normalized spacial score (nSPS) is 11.5. The average Bonchev–Trinajstić information content (AvgIpc) is 2.42. The van der Waals surface area contributed by atoms with Gasteiger partial charge in [0, 0.05) is 11.5 Å². The second kappa shape index (κ2) is 6.22. The van der Waals surface area contributed by atoms with Crippen molar-refractivity contribution < 1.29 is 9.84 Å². The van der Waals surface area contributed by atoms with Crippen LogP contribution < -0.4 is 4.74 Å². The monoisotopic (exact) mass is 325 g/mol. The molecular weight excluding hydrogens is 309 g/mol. The predicted octanol–water partition coefficient (Wildman–Crippen LogP) is 4.97. The molecular formula is C16H17Cl2NO2. The molecule has 0 aliphatic heterocycles. The lowest BCUT2D eigenvalue weighted by Crippen LogP contribution is -2.14. The number of aromatic nitrogens is 1. The van der Waals surface area contributed by atoms with E-state index in [0.29, 0.717) is 21.7 Å². The number of rotatable bonds is 3. The quantitative estimate of drug-likeness (QED) is 0.866. The molecule has 1 N–H and O–H groups in total. The molecule has 0 unspecified atom stereocenters. The second-order valence-corrected chi connectivity index (χ2v) is 6.55. The highest BCUT2D eigenvalue weighted by molar-refractivity contribution is 6.42. The fraction of sp³-hybridized carbons (Fsp3) is 0.312. The van der Waals surface area contributed by atoms with Crippen molar-refractivity contribution in [3.05, 3.63) is 51.6 Å². The van der Waals surface area contributed by atoms with Crippen LogP contribution in [0.2, 0.25) is 10.0 Å². The molecule has 0 fully saturated rings. The third-order valence-corrected chi connectivity index (χ3v) is 3.74. The van der Waals surface area contributed by atoms with E-state index in [0.717, 1.165) is 11.3 Å². The molecule has 1 aromatic heterocycles. The molecule has 1 heterocycles. The molecule has 2 aromatic rings. The van der Waals surface area contributed by atoms with Crippen molar-refractivity contribution in [2.24, 2.45) is 0 Å². The first-order valence-corrected chi connectivity index (χ1v) is 7.31. The van der Waals surface area contributed by atoms with Gasteiger partial charge in [-0.3, -0.25) is 0 Å². The van der Waals surface area contributed by atoms with Crippen molar-refractivity contribution in [3.8, 4) is 11.6 Å². The number of benzene rings is 1. The Kier molecular flexibility index (Phi) is 4.77. The SMILES string of the molecule is CC(C)(C)c1cc(CO)cc(Oc2cccc(Cl)c2Cl)n1. The molecule has 112 valence electrons. The van der Waals surface area contributed by atoms with E-state index >= 15 is 0 Å². The Balaban J connectivity index is 2.42. The molecule has 0 aliphatic carbocycles. The van der Waals surface area contributed by atoms with E-state index in [1.807, 2.05) is 26.8 Å². The molecule has 21 heavy (non-hydrogen) atoms. The van der Waals surface area contributed by atoms with Crippen LogP contribution in [0.4, 0.5) is 0 Å². The van der Waals surface area contributed by atoms with E-state index in [-0.39, 0.29) is 12.0 Å². The maximum atomic E-state index is 9.39. The van der Waals surface area contributed by atoms with Gasteiger partial charge in [-0.25, -0.2) is 4.98 Å². The molecule has 3 nitrogen and oxygen atoms in total. The number of hydrogen-bond donors (Lipinski definition) is 1. The molecule has 1 aromatic carbocycles. The van der Waals surface area contributed by atoms with Gasteiger partial charge < -0.3 is 9.84 Å². The van der Waals surface area contributed by atoms with Gasteiger partial charge in [0.1, 0.15) is 10.8 Å². The van der Waals surface area contributed by atoms with Gasteiger partial charge in [0.25, 0.3) is 0 Å². The fourth-order valence-electron chi connectivity index (χ4n) is 1.76. The summed E-state index contributed by atoms with van der Waals surface area (Å²) in [5.74, 6) is 0.822. The summed E-state index contributed by atoms with van der Waals surface area (Å²) in [6, 6.07) is 8.72. The molecule has 5 heteroatoms. The minimum absolute atomic E-state index is 0.0781. The van der Waals surface area contributed by atoms with Crippen molar-refractivity contribution in [2.75, 3.05) is 0 Å². The standard InChI is InChI=1S/C16H17Cl2NO2/c1-16(2,3)13-7-10(9-20)8-14(19-13)21-12-6-4-5-11(17)15(12)18/h4-8,20H,9H2,1-3H3. The van der Waals surface area contributed by atoms with Crippen LogP contribution >= 0.6 is 23.2 Å². The second-order valence-electron chi connectivity index (χ2n) is 5.76. The van der Waals surface area contributed by atoms with E-state index in [1.165, 1.54) is 0 Å². The third kappa shape index (κ3) is 3.88. The lowest BCUT2D eigenvalue weighted by Gasteiger charge is -2.19. The highest BCUT2D eigenvalue weighted by Gasteiger charge is 2.18. The van der Waals surface area contributed by atoms with Crippen LogP contribution in [0.3, 0.4) is 0 Å². The van der Waals surface area contributed by atoms with Gasteiger partial charge in [-0.15, -0.1) is 0 Å². The molecule has 0 aliphatic rings. The Bertz CT molecular complexity index is 651. The lowest BCUT2D eigenvalue weighted by atomic mass is 9.91. The zero-order valence-corrected chi connectivity index (χ0v) is 13.7. The molecule has 0 radical (unpaired) electrons. The molecule has 0 atom stereocenters. The highest BCUT2D eigenvalue weighted by atomic mass is 35.5. The van der Waals surface area contributed by atoms with Gasteiger partial charge in [-0.05, 0) is 23.8 Å². The minimum atomic E-state index is -0.151. The van der Waals surface area contributed by atoms with Crippen LogP contribution in [0.5, 0.6) is 11.6 Å². The summed E-state index contributed by atoms with van der Waals surface area (Å²) in [7, 11) is 0. The summed E-state index contributed by atoms with van der Waals surface area (Å²) in [5.41, 5.74) is 1.42. The van der Waals surface area contributed by atoms with E-state index in [2.05, 4.69) is 4.98 Å². The van der Waals surface area contributed by atoms with Crippen LogP contribution in [0.25, 0.3) is 0 Å². The van der Waals surface area contributed by atoms with Crippen LogP contribution in [-0.2, 0) is 12.0 Å². The van der Waals surface area contributed by atoms with E-state index in [1.54, 1.807) is 24.3 Å². The topological polar surface area (TPSA) is 42.4 Å². The van der Waals surface area contributed by atoms with Gasteiger partial charge >= 0.3 is 0 Å². The summed E-state index contributed by atoms with van der Waals surface area (Å²) < 4.78 is 5.73. The minimum Gasteiger partial charge on any atom is -0.437 e. The largest absolute Gasteiger partial charge is 0.437 e. The zero-order chi connectivity index (χ0) is 15.6. The summed E-state index contributed by atoms with van der Waals surface area (Å²) in [5, 5.41) is 10.1. The van der Waals surface area contributed by atoms with Crippen molar-refractivity contribution in [2.45, 2.75) is 32.8 Å². The summed E-state index contributed by atoms with van der Waals surface area (Å²) in [6.07, 6.45) is 0. The van der Waals surface area contributed by atoms with E-state index in [4.69, 9.17) is 27.9 Å². The first kappa shape index (κ1) is 16.1. The van der Waals surface area contributed by atoms with Crippen LogP contribution in [0.1, 0.15) is 32.0 Å². The molecule has 0 amide bonds.